The molecule has 0 saturated carbocycles. The molecule has 2 fully saturated rings. The molecule has 2 heterocycles. The molecule has 0 bridgehead atoms. The Morgan fingerprint density at radius 2 is 1.83 bits per heavy atom. The van der Waals surface area contributed by atoms with Gasteiger partial charge in [0.15, 0.2) is 9.84 Å². The molecule has 0 N–H and O–H groups in total. The van der Waals surface area contributed by atoms with Gasteiger partial charge >= 0.3 is 0 Å². The fraction of sp³-hybridized carbons (Fsp3) is 0.611. The maximum absolute atomic E-state index is 12.1. The minimum Gasteiger partial charge on any atom is -0.336 e. The lowest BCUT2D eigenvalue weighted by Gasteiger charge is -2.44. The fourth-order valence-corrected chi connectivity index (χ4v) is 5.96. The van der Waals surface area contributed by atoms with Crippen LogP contribution >= 0.6 is 0 Å². The number of hydrogen-bond acceptors (Lipinski definition) is 4. The van der Waals surface area contributed by atoms with Crippen LogP contribution in [0, 0.1) is 0 Å². The number of rotatable bonds is 5. The quantitative estimate of drug-likeness (QED) is 0.804. The van der Waals surface area contributed by atoms with Gasteiger partial charge in [-0.1, -0.05) is 37.3 Å². The molecule has 24 heavy (non-hydrogen) atoms. The molecule has 2 aliphatic heterocycles. The average molecular weight is 350 g/mol. The zero-order valence-corrected chi connectivity index (χ0v) is 15.0. The van der Waals surface area contributed by atoms with E-state index in [-0.39, 0.29) is 29.5 Å². The van der Waals surface area contributed by atoms with Gasteiger partial charge < -0.3 is 4.90 Å². The van der Waals surface area contributed by atoms with Crippen LogP contribution in [0.4, 0.5) is 0 Å². The first-order chi connectivity index (χ1) is 11.5. The predicted molar refractivity (Wildman–Crippen MR) is 94.6 cm³/mol. The Hall–Kier alpha value is -1.40. The van der Waals surface area contributed by atoms with Crippen LogP contribution in [-0.4, -0.2) is 67.3 Å². The van der Waals surface area contributed by atoms with E-state index in [0.29, 0.717) is 13.0 Å². The topological polar surface area (TPSA) is 57.7 Å². The van der Waals surface area contributed by atoms with Gasteiger partial charge in [0.25, 0.3) is 0 Å². The van der Waals surface area contributed by atoms with Crippen LogP contribution in [0.1, 0.15) is 25.3 Å². The Morgan fingerprint density at radius 1 is 1.12 bits per heavy atom. The fourth-order valence-electron chi connectivity index (χ4n) is 3.95. The van der Waals surface area contributed by atoms with E-state index in [2.05, 4.69) is 17.0 Å². The molecule has 0 spiro atoms. The number of carbonyl (C=O) groups excluding carboxylic acids is 1. The van der Waals surface area contributed by atoms with Crippen molar-refractivity contribution in [2.75, 3.05) is 31.1 Å². The number of fused-ring (bicyclic) bond motifs is 1. The number of piperazine rings is 1. The van der Waals surface area contributed by atoms with Gasteiger partial charge in [-0.3, -0.25) is 9.69 Å². The van der Waals surface area contributed by atoms with Gasteiger partial charge in [-0.25, -0.2) is 8.42 Å². The van der Waals surface area contributed by atoms with Crippen molar-refractivity contribution in [2.24, 2.45) is 0 Å². The van der Waals surface area contributed by atoms with E-state index >= 15 is 0 Å². The van der Waals surface area contributed by atoms with Gasteiger partial charge in [-0.05, 0) is 24.9 Å². The molecule has 0 aliphatic carbocycles. The summed E-state index contributed by atoms with van der Waals surface area (Å²) in [5, 5.41) is 0. The molecule has 0 aromatic heterocycles. The standard InChI is InChI=1S/C18H26N2O3S/c1-2-18(21)20-12-11-19(16-13-24(22,23)14-17(16)20)10-6-9-15-7-4-3-5-8-15/h3-5,7-8,16-17H,2,6,9-14H2,1H3/t16-,17+/m1/s1. The second-order valence-electron chi connectivity index (χ2n) is 6.78. The molecule has 6 heteroatoms. The maximum Gasteiger partial charge on any atom is 0.222 e. The zero-order valence-electron chi connectivity index (χ0n) is 14.2. The first kappa shape index (κ1) is 17.4. The molecule has 2 aliphatic rings. The number of nitrogens with zero attached hydrogens (tertiary/aromatic N) is 2. The Bertz CT molecular complexity index is 675. The highest BCUT2D eigenvalue weighted by molar-refractivity contribution is 7.91. The summed E-state index contributed by atoms with van der Waals surface area (Å²) in [5.74, 6) is 0.390. The van der Waals surface area contributed by atoms with Gasteiger partial charge in [0, 0.05) is 25.6 Å². The molecular weight excluding hydrogens is 324 g/mol. The van der Waals surface area contributed by atoms with Gasteiger partial charge in [-0.2, -0.15) is 0 Å². The average Bonchev–Trinajstić information content (AvgIpc) is 2.90. The van der Waals surface area contributed by atoms with E-state index in [1.165, 1.54) is 5.56 Å². The van der Waals surface area contributed by atoms with Crippen molar-refractivity contribution in [3.63, 3.8) is 0 Å². The highest BCUT2D eigenvalue weighted by atomic mass is 32.2. The molecule has 1 aromatic carbocycles. The van der Waals surface area contributed by atoms with Crippen molar-refractivity contribution >= 4 is 15.7 Å². The van der Waals surface area contributed by atoms with Crippen LogP contribution in [0.5, 0.6) is 0 Å². The molecule has 5 nitrogen and oxygen atoms in total. The Morgan fingerprint density at radius 3 is 2.54 bits per heavy atom. The summed E-state index contributed by atoms with van der Waals surface area (Å²) in [6.07, 6.45) is 2.45. The van der Waals surface area contributed by atoms with Crippen molar-refractivity contribution in [2.45, 2.75) is 38.3 Å². The summed E-state index contributed by atoms with van der Waals surface area (Å²) in [6.45, 7) is 4.15. The second kappa shape index (κ2) is 7.23. The van der Waals surface area contributed by atoms with Gasteiger partial charge in [0.2, 0.25) is 5.91 Å². The lowest BCUT2D eigenvalue weighted by Crippen LogP contribution is -2.60. The predicted octanol–water partition coefficient (Wildman–Crippen LogP) is 1.34. The number of benzene rings is 1. The molecule has 0 radical (unpaired) electrons. The number of sulfone groups is 1. The molecule has 1 amide bonds. The Balaban J connectivity index is 1.64. The van der Waals surface area contributed by atoms with E-state index in [1.807, 2.05) is 30.0 Å². The lowest BCUT2D eigenvalue weighted by atomic mass is 10.0. The van der Waals surface area contributed by atoms with Crippen molar-refractivity contribution in [3.8, 4) is 0 Å². The summed E-state index contributed by atoms with van der Waals surface area (Å²) in [7, 11) is -3.05. The van der Waals surface area contributed by atoms with Crippen molar-refractivity contribution < 1.29 is 13.2 Å². The van der Waals surface area contributed by atoms with Gasteiger partial charge in [-0.15, -0.1) is 0 Å². The first-order valence-electron chi connectivity index (χ1n) is 8.78. The second-order valence-corrected chi connectivity index (χ2v) is 8.93. The molecular formula is C18H26N2O3S. The van der Waals surface area contributed by atoms with E-state index in [0.717, 1.165) is 25.9 Å². The van der Waals surface area contributed by atoms with Crippen LogP contribution in [0.3, 0.4) is 0 Å². The summed E-state index contributed by atoms with van der Waals surface area (Å²) in [4.78, 5) is 16.2. The smallest absolute Gasteiger partial charge is 0.222 e. The summed E-state index contributed by atoms with van der Waals surface area (Å²) in [6, 6.07) is 10.2. The number of aryl methyl sites for hydroxylation is 1. The van der Waals surface area contributed by atoms with Crippen LogP contribution in [0.15, 0.2) is 30.3 Å². The van der Waals surface area contributed by atoms with Crippen LogP contribution in [0.2, 0.25) is 0 Å². The molecule has 3 rings (SSSR count). The third kappa shape index (κ3) is 3.81. The summed E-state index contributed by atoms with van der Waals surface area (Å²) < 4.78 is 24.3. The zero-order chi connectivity index (χ0) is 17.2. The number of hydrogen-bond donors (Lipinski definition) is 0. The molecule has 132 valence electrons. The van der Waals surface area contributed by atoms with Crippen LogP contribution < -0.4 is 0 Å². The largest absolute Gasteiger partial charge is 0.336 e. The molecule has 2 atom stereocenters. The highest BCUT2D eigenvalue weighted by Gasteiger charge is 2.47. The van der Waals surface area contributed by atoms with E-state index < -0.39 is 9.84 Å². The summed E-state index contributed by atoms with van der Waals surface area (Å²) >= 11 is 0. The molecule has 2 saturated heterocycles. The summed E-state index contributed by atoms with van der Waals surface area (Å²) in [5.41, 5.74) is 1.31. The minimum absolute atomic E-state index is 0.0324. The van der Waals surface area contributed by atoms with Crippen LogP contribution in [0.25, 0.3) is 0 Å². The molecule has 0 unspecified atom stereocenters. The van der Waals surface area contributed by atoms with Crippen molar-refractivity contribution in [1.82, 2.24) is 9.80 Å². The van der Waals surface area contributed by atoms with E-state index in [1.54, 1.807) is 0 Å². The minimum atomic E-state index is -3.05. The number of carbonyl (C=O) groups is 1. The Labute approximate surface area is 144 Å². The normalized spacial score (nSPS) is 26.3. The third-order valence-corrected chi connectivity index (χ3v) is 6.87. The van der Waals surface area contributed by atoms with Crippen LogP contribution in [-0.2, 0) is 21.1 Å². The third-order valence-electron chi connectivity index (χ3n) is 5.17. The van der Waals surface area contributed by atoms with Crippen molar-refractivity contribution in [3.05, 3.63) is 35.9 Å². The highest BCUT2D eigenvalue weighted by Crippen LogP contribution is 2.27. The van der Waals surface area contributed by atoms with E-state index in [9.17, 15) is 13.2 Å². The SMILES string of the molecule is CCC(=O)N1CCN(CCCc2ccccc2)[C@@H]2CS(=O)(=O)C[C@@H]21. The number of amides is 1. The monoisotopic (exact) mass is 350 g/mol. The van der Waals surface area contributed by atoms with Gasteiger partial charge in [0.1, 0.15) is 0 Å². The Kier molecular flexibility index (Phi) is 5.25. The lowest BCUT2D eigenvalue weighted by molar-refractivity contribution is -0.136. The first-order valence-corrected chi connectivity index (χ1v) is 10.6. The van der Waals surface area contributed by atoms with Gasteiger partial charge in [0.05, 0.1) is 17.5 Å². The molecule has 1 aromatic rings. The maximum atomic E-state index is 12.1. The van der Waals surface area contributed by atoms with E-state index in [4.69, 9.17) is 0 Å². The van der Waals surface area contributed by atoms with Crippen molar-refractivity contribution in [1.29, 1.82) is 0 Å².